The third kappa shape index (κ3) is 4.18. The van der Waals surface area contributed by atoms with Gasteiger partial charge in [-0.3, -0.25) is 9.69 Å². The number of carbonyl (C=O) groups is 1. The number of alkyl halides is 3. The lowest BCUT2D eigenvalue weighted by atomic mass is 10.2. The maximum absolute atomic E-state index is 12.6. The van der Waals surface area contributed by atoms with Gasteiger partial charge in [-0.15, -0.1) is 0 Å². The lowest BCUT2D eigenvalue weighted by molar-refractivity contribution is -0.137. The molecule has 0 aromatic heterocycles. The van der Waals surface area contributed by atoms with E-state index < -0.39 is 17.8 Å². The number of morpholine rings is 1. The van der Waals surface area contributed by atoms with Crippen molar-refractivity contribution in [3.8, 4) is 0 Å². The lowest BCUT2D eigenvalue weighted by Gasteiger charge is -2.31. The van der Waals surface area contributed by atoms with Crippen molar-refractivity contribution in [3.63, 3.8) is 0 Å². The van der Waals surface area contributed by atoms with Crippen LogP contribution in [0.5, 0.6) is 0 Å². The Labute approximate surface area is 120 Å². The largest absolute Gasteiger partial charge is 0.416 e. The zero-order valence-corrected chi connectivity index (χ0v) is 11.6. The molecule has 1 atom stereocenters. The number of nitrogens with zero attached hydrogens (tertiary/aromatic N) is 1. The Kier molecular flexibility index (Phi) is 4.84. The number of ether oxygens (including phenoxy) is 1. The molecular formula is C14H17F3N2O2. The van der Waals surface area contributed by atoms with Crippen LogP contribution in [0.1, 0.15) is 12.5 Å². The summed E-state index contributed by atoms with van der Waals surface area (Å²) in [5.41, 5.74) is -0.630. The first-order valence-corrected chi connectivity index (χ1v) is 6.68. The molecule has 0 aliphatic carbocycles. The number of carbonyl (C=O) groups excluding carboxylic acids is 1. The van der Waals surface area contributed by atoms with Gasteiger partial charge in [-0.1, -0.05) is 6.07 Å². The Morgan fingerprint density at radius 1 is 1.33 bits per heavy atom. The minimum Gasteiger partial charge on any atom is -0.379 e. The highest BCUT2D eigenvalue weighted by molar-refractivity contribution is 5.94. The molecular weight excluding hydrogens is 285 g/mol. The predicted octanol–water partition coefficient (Wildman–Crippen LogP) is 2.36. The standard InChI is InChI=1S/C14H17F3N2O2/c1-10(19-5-7-21-8-6-19)13(20)18-12-4-2-3-11(9-12)14(15,16)17/h2-4,9-10H,5-8H2,1H3,(H,18,20). The molecule has 0 radical (unpaired) electrons. The van der Waals surface area contributed by atoms with Gasteiger partial charge in [-0.2, -0.15) is 13.2 Å². The molecule has 1 aromatic carbocycles. The van der Waals surface area contributed by atoms with Crippen LogP contribution in [0, 0.1) is 0 Å². The van der Waals surface area contributed by atoms with Crippen molar-refractivity contribution in [1.82, 2.24) is 4.90 Å². The molecule has 1 aliphatic rings. The zero-order chi connectivity index (χ0) is 15.5. The van der Waals surface area contributed by atoms with Crippen LogP contribution in [-0.4, -0.2) is 43.2 Å². The Balaban J connectivity index is 2.02. The van der Waals surface area contributed by atoms with Crippen molar-refractivity contribution in [3.05, 3.63) is 29.8 Å². The van der Waals surface area contributed by atoms with Gasteiger partial charge in [0.05, 0.1) is 24.8 Å². The summed E-state index contributed by atoms with van der Waals surface area (Å²) in [5, 5.41) is 2.53. The van der Waals surface area contributed by atoms with Gasteiger partial charge in [0.15, 0.2) is 0 Å². The Morgan fingerprint density at radius 2 is 2.00 bits per heavy atom. The minimum absolute atomic E-state index is 0.148. The van der Waals surface area contributed by atoms with Gasteiger partial charge in [-0.05, 0) is 25.1 Å². The van der Waals surface area contributed by atoms with Gasteiger partial charge in [0.2, 0.25) is 5.91 Å². The molecule has 1 heterocycles. The molecule has 116 valence electrons. The number of amides is 1. The van der Waals surface area contributed by atoms with Gasteiger partial charge in [0, 0.05) is 18.8 Å². The first kappa shape index (κ1) is 15.8. The quantitative estimate of drug-likeness (QED) is 0.932. The van der Waals surface area contributed by atoms with Gasteiger partial charge < -0.3 is 10.1 Å². The molecule has 1 aromatic rings. The third-order valence-electron chi connectivity index (χ3n) is 3.43. The lowest BCUT2D eigenvalue weighted by Crippen LogP contribution is -2.47. The molecule has 1 N–H and O–H groups in total. The van der Waals surface area contributed by atoms with Crippen molar-refractivity contribution in [2.24, 2.45) is 0 Å². The van der Waals surface area contributed by atoms with Crippen LogP contribution in [0.25, 0.3) is 0 Å². The molecule has 0 saturated carbocycles. The summed E-state index contributed by atoms with van der Waals surface area (Å²) < 4.78 is 43.1. The highest BCUT2D eigenvalue weighted by Crippen LogP contribution is 2.30. The van der Waals surface area contributed by atoms with E-state index in [1.807, 2.05) is 4.90 Å². The van der Waals surface area contributed by atoms with Gasteiger partial charge in [0.1, 0.15) is 0 Å². The van der Waals surface area contributed by atoms with E-state index in [4.69, 9.17) is 4.74 Å². The van der Waals surface area contributed by atoms with Crippen LogP contribution >= 0.6 is 0 Å². The van der Waals surface area contributed by atoms with Gasteiger partial charge >= 0.3 is 6.18 Å². The summed E-state index contributed by atoms with van der Waals surface area (Å²) >= 11 is 0. The maximum Gasteiger partial charge on any atom is 0.416 e. The first-order chi connectivity index (χ1) is 9.88. The number of benzene rings is 1. The van der Waals surface area contributed by atoms with E-state index in [1.165, 1.54) is 12.1 Å². The van der Waals surface area contributed by atoms with Crippen molar-refractivity contribution >= 4 is 11.6 Å². The van der Waals surface area contributed by atoms with Crippen molar-refractivity contribution in [2.45, 2.75) is 19.1 Å². The third-order valence-corrected chi connectivity index (χ3v) is 3.43. The topological polar surface area (TPSA) is 41.6 Å². The molecule has 4 nitrogen and oxygen atoms in total. The monoisotopic (exact) mass is 302 g/mol. The van der Waals surface area contributed by atoms with E-state index >= 15 is 0 Å². The van der Waals surface area contributed by atoms with Crippen molar-refractivity contribution in [1.29, 1.82) is 0 Å². The smallest absolute Gasteiger partial charge is 0.379 e. The summed E-state index contributed by atoms with van der Waals surface area (Å²) in [6.07, 6.45) is -4.42. The average molecular weight is 302 g/mol. The fourth-order valence-corrected chi connectivity index (χ4v) is 2.15. The van der Waals surface area contributed by atoms with Crippen LogP contribution in [0.3, 0.4) is 0 Å². The molecule has 0 spiro atoms. The summed E-state index contributed by atoms with van der Waals surface area (Å²) in [5.74, 6) is -0.323. The number of hydrogen-bond acceptors (Lipinski definition) is 3. The molecule has 1 fully saturated rings. The fourth-order valence-electron chi connectivity index (χ4n) is 2.15. The van der Waals surface area contributed by atoms with E-state index in [-0.39, 0.29) is 11.6 Å². The Bertz CT molecular complexity index is 499. The summed E-state index contributed by atoms with van der Waals surface area (Å²) in [6.45, 7) is 4.12. The summed E-state index contributed by atoms with van der Waals surface area (Å²) in [6, 6.07) is 4.21. The van der Waals surface area contributed by atoms with E-state index in [1.54, 1.807) is 6.92 Å². The molecule has 1 aliphatic heterocycles. The second-order valence-corrected chi connectivity index (χ2v) is 4.89. The molecule has 2 rings (SSSR count). The highest BCUT2D eigenvalue weighted by atomic mass is 19.4. The number of halogens is 3. The molecule has 21 heavy (non-hydrogen) atoms. The van der Waals surface area contributed by atoms with E-state index in [0.717, 1.165) is 12.1 Å². The maximum atomic E-state index is 12.6. The van der Waals surface area contributed by atoms with Crippen LogP contribution in [0.15, 0.2) is 24.3 Å². The first-order valence-electron chi connectivity index (χ1n) is 6.68. The molecule has 1 saturated heterocycles. The summed E-state index contributed by atoms with van der Waals surface area (Å²) in [7, 11) is 0. The van der Waals surface area contributed by atoms with Crippen molar-refractivity contribution in [2.75, 3.05) is 31.6 Å². The fraction of sp³-hybridized carbons (Fsp3) is 0.500. The second kappa shape index (κ2) is 6.44. The summed E-state index contributed by atoms with van der Waals surface area (Å²) in [4.78, 5) is 14.0. The number of hydrogen-bond donors (Lipinski definition) is 1. The zero-order valence-electron chi connectivity index (χ0n) is 11.6. The van der Waals surface area contributed by atoms with Crippen LogP contribution in [0.4, 0.5) is 18.9 Å². The predicted molar refractivity (Wildman–Crippen MR) is 71.9 cm³/mol. The molecule has 1 unspecified atom stereocenters. The van der Waals surface area contributed by atoms with Crippen LogP contribution < -0.4 is 5.32 Å². The SMILES string of the molecule is CC(C(=O)Nc1cccc(C(F)(F)F)c1)N1CCOCC1. The van der Waals surface area contributed by atoms with Crippen molar-refractivity contribution < 1.29 is 22.7 Å². The number of rotatable bonds is 3. The molecule has 1 amide bonds. The van der Waals surface area contributed by atoms with E-state index in [2.05, 4.69) is 5.32 Å². The van der Waals surface area contributed by atoms with E-state index in [9.17, 15) is 18.0 Å². The van der Waals surface area contributed by atoms with Gasteiger partial charge in [-0.25, -0.2) is 0 Å². The highest BCUT2D eigenvalue weighted by Gasteiger charge is 2.30. The van der Waals surface area contributed by atoms with Gasteiger partial charge in [0.25, 0.3) is 0 Å². The second-order valence-electron chi connectivity index (χ2n) is 4.89. The Morgan fingerprint density at radius 3 is 2.62 bits per heavy atom. The number of nitrogens with one attached hydrogen (secondary N) is 1. The van der Waals surface area contributed by atoms with Crippen LogP contribution in [-0.2, 0) is 15.7 Å². The van der Waals surface area contributed by atoms with E-state index in [0.29, 0.717) is 26.3 Å². The molecule has 0 bridgehead atoms. The molecule has 7 heteroatoms. The average Bonchev–Trinajstić information content (AvgIpc) is 2.47. The Hall–Kier alpha value is -1.60. The van der Waals surface area contributed by atoms with Crippen LogP contribution in [0.2, 0.25) is 0 Å². The normalized spacial score (nSPS) is 18.3. The number of anilines is 1. The minimum atomic E-state index is -4.42.